The zero-order valence-electron chi connectivity index (χ0n) is 18.8. The number of carbonyl (C=O) groups excluding carboxylic acids is 1. The number of rotatable bonds is 7. The van der Waals surface area contributed by atoms with E-state index in [1.807, 2.05) is 37.4 Å². The summed E-state index contributed by atoms with van der Waals surface area (Å²) in [6.45, 7) is 3.69. The summed E-state index contributed by atoms with van der Waals surface area (Å²) in [6.07, 6.45) is 4.93. The first kappa shape index (κ1) is 22.3. The van der Waals surface area contributed by atoms with Crippen molar-refractivity contribution in [1.29, 1.82) is 0 Å². The number of benzene rings is 2. The minimum absolute atomic E-state index is 0.0235. The van der Waals surface area contributed by atoms with Crippen molar-refractivity contribution in [2.45, 2.75) is 26.2 Å². The van der Waals surface area contributed by atoms with Crippen LogP contribution in [-0.2, 0) is 11.2 Å². The number of aryl methyl sites for hydroxylation is 1. The number of hydrogen-bond acceptors (Lipinski definition) is 6. The Hall–Kier alpha value is -2.90. The minimum Gasteiger partial charge on any atom is -0.457 e. The Kier molecular flexibility index (Phi) is 7.07. The first-order chi connectivity index (χ1) is 15.5. The van der Waals surface area contributed by atoms with E-state index < -0.39 is 0 Å². The molecule has 1 aliphatic heterocycles. The van der Waals surface area contributed by atoms with E-state index in [-0.39, 0.29) is 5.91 Å². The second-order valence-corrected chi connectivity index (χ2v) is 9.54. The quantitative estimate of drug-likeness (QED) is 0.502. The molecular formula is C25H29N3O3S. The molecule has 0 aliphatic carbocycles. The topological polar surface area (TPSA) is 63.7 Å². The Labute approximate surface area is 193 Å². The van der Waals surface area contributed by atoms with Crippen LogP contribution in [0.1, 0.15) is 33.6 Å². The van der Waals surface area contributed by atoms with Gasteiger partial charge in [0.05, 0.1) is 0 Å². The van der Waals surface area contributed by atoms with Crippen LogP contribution in [0.5, 0.6) is 11.5 Å². The summed E-state index contributed by atoms with van der Waals surface area (Å²) in [5, 5.41) is 4.29. The molecule has 0 unspecified atom stereocenters. The van der Waals surface area contributed by atoms with Crippen molar-refractivity contribution in [2.24, 2.45) is 5.92 Å². The molecule has 4 rings (SSSR count). The van der Waals surface area contributed by atoms with Crippen molar-refractivity contribution in [3.05, 3.63) is 64.7 Å². The molecule has 168 valence electrons. The van der Waals surface area contributed by atoms with Crippen LogP contribution >= 0.6 is 11.3 Å². The average Bonchev–Trinajstić information content (AvgIpc) is 3.20. The molecule has 1 N–H and O–H groups in total. The number of thiazole rings is 1. The summed E-state index contributed by atoms with van der Waals surface area (Å²) in [7, 11) is 3.50. The molecule has 7 heteroatoms. The molecule has 0 radical (unpaired) electrons. The molecule has 0 atom stereocenters. The van der Waals surface area contributed by atoms with E-state index in [1.54, 1.807) is 42.5 Å². The fourth-order valence-corrected chi connectivity index (χ4v) is 4.45. The monoisotopic (exact) mass is 451 g/mol. The lowest BCUT2D eigenvalue weighted by molar-refractivity contribution is 0.0664. The molecule has 32 heavy (non-hydrogen) atoms. The van der Waals surface area contributed by atoms with Gasteiger partial charge in [0.1, 0.15) is 11.5 Å². The Balaban J connectivity index is 1.55. The Morgan fingerprint density at radius 1 is 1.19 bits per heavy atom. The number of hydrogen-bond donors (Lipinski definition) is 1. The van der Waals surface area contributed by atoms with Gasteiger partial charge >= 0.3 is 0 Å². The average molecular weight is 452 g/mol. The predicted molar refractivity (Wildman–Crippen MR) is 128 cm³/mol. The highest BCUT2D eigenvalue weighted by molar-refractivity contribution is 7.15. The highest BCUT2D eigenvalue weighted by atomic mass is 32.1. The summed E-state index contributed by atoms with van der Waals surface area (Å²) >= 11 is 1.64. The molecule has 0 saturated carbocycles. The third kappa shape index (κ3) is 5.66. The minimum atomic E-state index is -0.0235. The van der Waals surface area contributed by atoms with Crippen molar-refractivity contribution in [3.8, 4) is 11.5 Å². The molecule has 6 nitrogen and oxygen atoms in total. The van der Waals surface area contributed by atoms with E-state index in [1.165, 1.54) is 4.88 Å². The molecule has 1 fully saturated rings. The summed E-state index contributed by atoms with van der Waals surface area (Å²) < 4.78 is 11.8. The lowest BCUT2D eigenvalue weighted by Gasteiger charge is -2.23. The van der Waals surface area contributed by atoms with E-state index in [9.17, 15) is 4.79 Å². The van der Waals surface area contributed by atoms with E-state index in [0.29, 0.717) is 17.2 Å². The fourth-order valence-electron chi connectivity index (χ4n) is 3.76. The second-order valence-electron chi connectivity index (χ2n) is 8.31. The van der Waals surface area contributed by atoms with Crippen LogP contribution in [0.15, 0.2) is 48.7 Å². The first-order valence-electron chi connectivity index (χ1n) is 10.9. The highest BCUT2D eigenvalue weighted by Crippen LogP contribution is 2.33. The van der Waals surface area contributed by atoms with Crippen LogP contribution in [-0.4, -0.2) is 43.1 Å². The van der Waals surface area contributed by atoms with Crippen molar-refractivity contribution >= 4 is 28.1 Å². The largest absolute Gasteiger partial charge is 0.457 e. The summed E-state index contributed by atoms with van der Waals surface area (Å²) in [6, 6.07) is 13.5. The highest BCUT2D eigenvalue weighted by Gasteiger charge is 2.18. The maximum Gasteiger partial charge on any atom is 0.253 e. The number of anilines is 2. The zero-order valence-corrected chi connectivity index (χ0v) is 19.6. The van der Waals surface area contributed by atoms with Gasteiger partial charge in [0.2, 0.25) is 0 Å². The van der Waals surface area contributed by atoms with E-state index in [0.717, 1.165) is 54.6 Å². The van der Waals surface area contributed by atoms with E-state index in [4.69, 9.17) is 9.47 Å². The molecule has 0 spiro atoms. The molecular weight excluding hydrogens is 422 g/mol. The van der Waals surface area contributed by atoms with Gasteiger partial charge in [-0.15, -0.1) is 11.3 Å². The third-order valence-corrected chi connectivity index (χ3v) is 6.35. The maximum atomic E-state index is 12.1. The van der Waals surface area contributed by atoms with Crippen LogP contribution in [0.25, 0.3) is 0 Å². The van der Waals surface area contributed by atoms with Gasteiger partial charge in [0.25, 0.3) is 5.91 Å². The fraction of sp³-hybridized carbons (Fsp3) is 0.360. The third-order valence-electron chi connectivity index (χ3n) is 5.52. The Morgan fingerprint density at radius 3 is 2.59 bits per heavy atom. The van der Waals surface area contributed by atoms with Crippen molar-refractivity contribution in [2.75, 3.05) is 32.6 Å². The second kappa shape index (κ2) is 10.1. The molecule has 1 amide bonds. The van der Waals surface area contributed by atoms with Gasteiger partial charge in [-0.3, -0.25) is 4.79 Å². The number of ether oxygens (including phenoxy) is 2. The van der Waals surface area contributed by atoms with Gasteiger partial charge < -0.3 is 19.7 Å². The number of nitrogens with one attached hydrogen (secondary N) is 1. The van der Waals surface area contributed by atoms with Crippen LogP contribution in [0.4, 0.5) is 10.8 Å². The molecule has 2 aromatic carbocycles. The SMILES string of the molecule is Cc1cnc(Nc2ccc(Oc3ccc(C(=O)N(C)C)cc3)c(CC3CCOCC3)c2)s1. The van der Waals surface area contributed by atoms with Gasteiger partial charge in [-0.2, -0.15) is 0 Å². The number of nitrogens with zero attached hydrogens (tertiary/aromatic N) is 2. The van der Waals surface area contributed by atoms with Crippen LogP contribution in [0.3, 0.4) is 0 Å². The van der Waals surface area contributed by atoms with E-state index in [2.05, 4.69) is 16.4 Å². The standard InChI is InChI=1S/C25H29N3O3S/c1-17-16-26-25(32-17)27-21-6-9-23(20(15-21)14-18-10-12-30-13-11-18)31-22-7-4-19(5-8-22)24(29)28(2)3/h4-9,15-16,18H,10-14H2,1-3H3,(H,26,27). The van der Waals surface area contributed by atoms with E-state index >= 15 is 0 Å². The molecule has 2 heterocycles. The van der Waals surface area contributed by atoms with Gasteiger partial charge in [-0.25, -0.2) is 4.98 Å². The molecule has 1 aromatic heterocycles. The lowest BCUT2D eigenvalue weighted by Crippen LogP contribution is -2.21. The van der Waals surface area contributed by atoms with Crippen LogP contribution < -0.4 is 10.1 Å². The zero-order chi connectivity index (χ0) is 22.5. The Bertz CT molecular complexity index is 1060. The molecule has 1 saturated heterocycles. The summed E-state index contributed by atoms with van der Waals surface area (Å²) in [5.41, 5.74) is 2.80. The maximum absolute atomic E-state index is 12.1. The normalized spacial score (nSPS) is 14.2. The lowest BCUT2D eigenvalue weighted by atomic mass is 9.92. The van der Waals surface area contributed by atoms with Gasteiger partial charge in [-0.05, 0) is 80.1 Å². The van der Waals surface area contributed by atoms with Gasteiger partial charge in [0.15, 0.2) is 5.13 Å². The number of amides is 1. The first-order valence-corrected chi connectivity index (χ1v) is 11.7. The smallest absolute Gasteiger partial charge is 0.253 e. The van der Waals surface area contributed by atoms with Crippen LogP contribution in [0, 0.1) is 12.8 Å². The summed E-state index contributed by atoms with van der Waals surface area (Å²) in [4.78, 5) is 19.3. The summed E-state index contributed by atoms with van der Waals surface area (Å²) in [5.74, 6) is 2.10. The number of carbonyl (C=O) groups is 1. The Morgan fingerprint density at radius 2 is 1.94 bits per heavy atom. The molecule has 1 aliphatic rings. The molecule has 3 aromatic rings. The van der Waals surface area contributed by atoms with Crippen molar-refractivity contribution in [1.82, 2.24) is 9.88 Å². The van der Waals surface area contributed by atoms with Gasteiger partial charge in [0, 0.05) is 49.6 Å². The van der Waals surface area contributed by atoms with Crippen molar-refractivity contribution in [3.63, 3.8) is 0 Å². The number of aromatic nitrogens is 1. The predicted octanol–water partition coefficient (Wildman–Crippen LogP) is 5.66. The van der Waals surface area contributed by atoms with Crippen molar-refractivity contribution < 1.29 is 14.3 Å². The molecule has 0 bridgehead atoms. The van der Waals surface area contributed by atoms with Gasteiger partial charge in [-0.1, -0.05) is 0 Å². The van der Waals surface area contributed by atoms with Crippen LogP contribution in [0.2, 0.25) is 0 Å².